The first-order chi connectivity index (χ1) is 11.3. The molecule has 0 bridgehead atoms. The van der Waals surface area contributed by atoms with Gasteiger partial charge in [0.05, 0.1) is 16.9 Å². The van der Waals surface area contributed by atoms with Crippen LogP contribution in [0.1, 0.15) is 46.0 Å². The second-order valence-electron chi connectivity index (χ2n) is 6.45. The van der Waals surface area contributed by atoms with Crippen LogP contribution in [0.3, 0.4) is 0 Å². The second-order valence-corrected chi connectivity index (χ2v) is 6.89. The normalized spacial score (nSPS) is 12.6. The smallest absolute Gasteiger partial charge is 0.261 e. The molecular formula is C18H24ClN3O2. The molecule has 1 aromatic carbocycles. The Morgan fingerprint density at radius 2 is 2.00 bits per heavy atom. The van der Waals surface area contributed by atoms with E-state index in [4.69, 9.17) is 11.6 Å². The van der Waals surface area contributed by atoms with Gasteiger partial charge in [0.25, 0.3) is 5.56 Å². The SMILES string of the molecule is CCN(C(=O)CC(C)C)C(C)c1nc2ccc(Cl)cc2c(=O)n1C. The molecule has 2 aromatic rings. The molecule has 1 unspecified atom stereocenters. The van der Waals surface area contributed by atoms with E-state index in [2.05, 4.69) is 4.98 Å². The zero-order chi connectivity index (χ0) is 18.0. The summed E-state index contributed by atoms with van der Waals surface area (Å²) in [4.78, 5) is 31.5. The molecule has 2 rings (SSSR count). The number of halogens is 1. The molecule has 1 heterocycles. The summed E-state index contributed by atoms with van der Waals surface area (Å²) in [5, 5.41) is 0.988. The van der Waals surface area contributed by atoms with Gasteiger partial charge < -0.3 is 4.90 Å². The average Bonchev–Trinajstić information content (AvgIpc) is 2.51. The van der Waals surface area contributed by atoms with Crippen molar-refractivity contribution in [2.45, 2.75) is 40.2 Å². The minimum Gasteiger partial charge on any atom is -0.333 e. The lowest BCUT2D eigenvalue weighted by atomic mass is 10.1. The Kier molecular flexibility index (Phi) is 5.65. The van der Waals surface area contributed by atoms with Crippen LogP contribution in [-0.4, -0.2) is 26.9 Å². The van der Waals surface area contributed by atoms with E-state index in [1.54, 1.807) is 30.1 Å². The molecule has 0 aliphatic rings. The van der Waals surface area contributed by atoms with Crippen LogP contribution in [-0.2, 0) is 11.8 Å². The van der Waals surface area contributed by atoms with Crippen molar-refractivity contribution in [1.29, 1.82) is 0 Å². The molecule has 1 atom stereocenters. The number of carbonyl (C=O) groups excluding carboxylic acids is 1. The fraction of sp³-hybridized carbons (Fsp3) is 0.500. The zero-order valence-electron chi connectivity index (χ0n) is 14.8. The molecule has 0 spiro atoms. The fourth-order valence-corrected chi connectivity index (χ4v) is 3.08. The largest absolute Gasteiger partial charge is 0.333 e. The maximum Gasteiger partial charge on any atom is 0.261 e. The highest BCUT2D eigenvalue weighted by Gasteiger charge is 2.24. The number of hydrogen-bond donors (Lipinski definition) is 0. The van der Waals surface area contributed by atoms with Crippen LogP contribution in [0.15, 0.2) is 23.0 Å². The van der Waals surface area contributed by atoms with Crippen LogP contribution in [0, 0.1) is 5.92 Å². The minimum atomic E-state index is -0.279. The van der Waals surface area contributed by atoms with Crippen molar-refractivity contribution < 1.29 is 4.79 Å². The van der Waals surface area contributed by atoms with E-state index >= 15 is 0 Å². The van der Waals surface area contributed by atoms with E-state index < -0.39 is 0 Å². The number of rotatable bonds is 5. The molecule has 6 heteroatoms. The molecule has 0 saturated carbocycles. The van der Waals surface area contributed by atoms with Crippen molar-refractivity contribution in [3.05, 3.63) is 39.4 Å². The molecule has 1 aromatic heterocycles. The summed E-state index contributed by atoms with van der Waals surface area (Å²) >= 11 is 5.98. The summed E-state index contributed by atoms with van der Waals surface area (Å²) in [6.07, 6.45) is 0.481. The summed E-state index contributed by atoms with van der Waals surface area (Å²) in [7, 11) is 1.68. The Hall–Kier alpha value is -1.88. The van der Waals surface area contributed by atoms with E-state index in [1.165, 1.54) is 4.57 Å². The van der Waals surface area contributed by atoms with Gasteiger partial charge in [-0.3, -0.25) is 14.2 Å². The number of carbonyl (C=O) groups is 1. The highest BCUT2D eigenvalue weighted by molar-refractivity contribution is 6.31. The Morgan fingerprint density at radius 1 is 1.33 bits per heavy atom. The summed E-state index contributed by atoms with van der Waals surface area (Å²) in [5.41, 5.74) is 0.438. The Morgan fingerprint density at radius 3 is 2.58 bits per heavy atom. The molecule has 0 aliphatic carbocycles. The second kappa shape index (κ2) is 7.34. The zero-order valence-corrected chi connectivity index (χ0v) is 15.6. The van der Waals surface area contributed by atoms with E-state index in [0.29, 0.717) is 34.7 Å². The van der Waals surface area contributed by atoms with Crippen molar-refractivity contribution in [1.82, 2.24) is 14.5 Å². The van der Waals surface area contributed by atoms with Gasteiger partial charge in [0, 0.05) is 25.0 Å². The summed E-state index contributed by atoms with van der Waals surface area (Å²) < 4.78 is 1.51. The molecule has 0 N–H and O–H groups in total. The predicted molar refractivity (Wildman–Crippen MR) is 97.3 cm³/mol. The van der Waals surface area contributed by atoms with Crippen molar-refractivity contribution >= 4 is 28.4 Å². The van der Waals surface area contributed by atoms with Gasteiger partial charge in [-0.05, 0) is 38.0 Å². The number of aromatic nitrogens is 2. The minimum absolute atomic E-state index is 0.0745. The van der Waals surface area contributed by atoms with Gasteiger partial charge >= 0.3 is 0 Å². The lowest BCUT2D eigenvalue weighted by Gasteiger charge is -2.29. The van der Waals surface area contributed by atoms with Gasteiger partial charge in [0.2, 0.25) is 5.91 Å². The predicted octanol–water partition coefficient (Wildman–Crippen LogP) is 3.54. The van der Waals surface area contributed by atoms with Gasteiger partial charge in [0.15, 0.2) is 0 Å². The third kappa shape index (κ3) is 3.61. The highest BCUT2D eigenvalue weighted by atomic mass is 35.5. The molecule has 1 amide bonds. The molecule has 0 saturated heterocycles. The van der Waals surface area contributed by atoms with Crippen LogP contribution in [0.4, 0.5) is 0 Å². The molecular weight excluding hydrogens is 326 g/mol. The lowest BCUT2D eigenvalue weighted by Crippen LogP contribution is -2.37. The summed E-state index contributed by atoms with van der Waals surface area (Å²) in [5.74, 6) is 0.938. The topological polar surface area (TPSA) is 55.2 Å². The number of benzene rings is 1. The van der Waals surface area contributed by atoms with Crippen molar-refractivity contribution in [3.63, 3.8) is 0 Å². The molecule has 0 radical (unpaired) electrons. The quantitative estimate of drug-likeness (QED) is 0.829. The van der Waals surface area contributed by atoms with Crippen LogP contribution in [0.2, 0.25) is 5.02 Å². The van der Waals surface area contributed by atoms with Gasteiger partial charge in [-0.2, -0.15) is 0 Å². The molecule has 130 valence electrons. The number of amides is 1. The van der Waals surface area contributed by atoms with Crippen molar-refractivity contribution in [2.24, 2.45) is 13.0 Å². The maximum atomic E-state index is 12.6. The molecule has 5 nitrogen and oxygen atoms in total. The lowest BCUT2D eigenvalue weighted by molar-refractivity contribution is -0.134. The highest BCUT2D eigenvalue weighted by Crippen LogP contribution is 2.22. The van der Waals surface area contributed by atoms with Crippen molar-refractivity contribution in [2.75, 3.05) is 6.54 Å². The molecule has 0 aliphatic heterocycles. The van der Waals surface area contributed by atoms with Gasteiger partial charge in [-0.15, -0.1) is 0 Å². The van der Waals surface area contributed by atoms with Gasteiger partial charge in [-0.1, -0.05) is 25.4 Å². The van der Waals surface area contributed by atoms with Crippen LogP contribution >= 0.6 is 11.6 Å². The molecule has 0 fully saturated rings. The van der Waals surface area contributed by atoms with E-state index in [0.717, 1.165) is 0 Å². The Labute approximate surface area is 147 Å². The first-order valence-corrected chi connectivity index (χ1v) is 8.59. The first-order valence-electron chi connectivity index (χ1n) is 8.21. The third-order valence-corrected chi connectivity index (χ3v) is 4.39. The van der Waals surface area contributed by atoms with Crippen LogP contribution in [0.5, 0.6) is 0 Å². The molecule has 24 heavy (non-hydrogen) atoms. The van der Waals surface area contributed by atoms with E-state index in [9.17, 15) is 9.59 Å². The van der Waals surface area contributed by atoms with Crippen LogP contribution < -0.4 is 5.56 Å². The average molecular weight is 350 g/mol. The van der Waals surface area contributed by atoms with E-state index in [1.807, 2.05) is 27.7 Å². The Bertz CT molecular complexity index is 814. The fourth-order valence-electron chi connectivity index (χ4n) is 2.91. The van der Waals surface area contributed by atoms with Crippen LogP contribution in [0.25, 0.3) is 10.9 Å². The standard InChI is InChI=1S/C18H24ClN3O2/c1-6-22(16(23)9-11(2)3)12(4)17-20-15-8-7-13(19)10-14(15)18(24)21(17)5/h7-8,10-12H,6,9H2,1-5H3. The van der Waals surface area contributed by atoms with Gasteiger partial charge in [0.1, 0.15) is 5.82 Å². The maximum absolute atomic E-state index is 12.6. The summed E-state index contributed by atoms with van der Waals surface area (Å²) in [6.45, 7) is 8.45. The Balaban J connectivity index is 2.50. The third-order valence-electron chi connectivity index (χ3n) is 4.16. The van der Waals surface area contributed by atoms with Crippen molar-refractivity contribution in [3.8, 4) is 0 Å². The number of fused-ring (bicyclic) bond motifs is 1. The number of hydrogen-bond acceptors (Lipinski definition) is 3. The van der Waals surface area contributed by atoms with E-state index in [-0.39, 0.29) is 23.4 Å². The van der Waals surface area contributed by atoms with Gasteiger partial charge in [-0.25, -0.2) is 4.98 Å². The summed E-state index contributed by atoms with van der Waals surface area (Å²) in [6, 6.07) is 4.80. The number of nitrogens with zero attached hydrogens (tertiary/aromatic N) is 3. The monoisotopic (exact) mass is 349 g/mol. The first kappa shape index (κ1) is 18.5.